The zero-order chi connectivity index (χ0) is 16.2. The maximum Gasteiger partial charge on any atom is 0.272 e. The minimum absolute atomic E-state index is 0.0520. The van der Waals surface area contributed by atoms with Crippen LogP contribution in [-0.4, -0.2) is 29.7 Å². The lowest BCUT2D eigenvalue weighted by Gasteiger charge is -2.15. The van der Waals surface area contributed by atoms with Crippen LogP contribution in [0.4, 0.5) is 5.69 Å². The SMILES string of the molecule is CCCOC(CCCCC(=O)Nc1ccccc1)C(=O)NO. The standard InChI is InChI=1S/C16H24N2O4/c1-2-12-22-14(16(20)18-21)10-6-7-11-15(19)17-13-8-4-3-5-9-13/h3-5,8-9,14,21H,2,6-7,10-12H2,1H3,(H,17,19)(H,18,20). The van der Waals surface area contributed by atoms with Crippen LogP contribution in [0.1, 0.15) is 39.0 Å². The molecule has 0 aliphatic carbocycles. The van der Waals surface area contributed by atoms with Crippen LogP contribution in [0.25, 0.3) is 0 Å². The number of hydrogen-bond donors (Lipinski definition) is 3. The number of carbonyl (C=O) groups is 2. The first kappa shape index (κ1) is 18.1. The summed E-state index contributed by atoms with van der Waals surface area (Å²) in [6, 6.07) is 9.27. The van der Waals surface area contributed by atoms with E-state index in [4.69, 9.17) is 9.94 Å². The molecule has 1 rings (SSSR count). The average Bonchev–Trinajstić information content (AvgIpc) is 2.54. The lowest BCUT2D eigenvalue weighted by atomic mass is 10.1. The summed E-state index contributed by atoms with van der Waals surface area (Å²) in [5, 5.41) is 11.5. The maximum absolute atomic E-state index is 11.8. The number of nitrogens with one attached hydrogen (secondary N) is 2. The molecule has 122 valence electrons. The highest BCUT2D eigenvalue weighted by Crippen LogP contribution is 2.10. The predicted octanol–water partition coefficient (Wildman–Crippen LogP) is 2.49. The molecule has 1 unspecified atom stereocenters. The first-order chi connectivity index (χ1) is 10.7. The number of unbranched alkanes of at least 4 members (excludes halogenated alkanes) is 1. The molecular formula is C16H24N2O4. The third-order valence-electron chi connectivity index (χ3n) is 3.10. The van der Waals surface area contributed by atoms with Crippen molar-refractivity contribution in [3.8, 4) is 0 Å². The van der Waals surface area contributed by atoms with Crippen LogP contribution in [0.2, 0.25) is 0 Å². The van der Waals surface area contributed by atoms with Crippen molar-refractivity contribution in [1.29, 1.82) is 0 Å². The van der Waals surface area contributed by atoms with Gasteiger partial charge >= 0.3 is 0 Å². The minimum atomic E-state index is -0.665. The van der Waals surface area contributed by atoms with E-state index in [0.717, 1.165) is 12.1 Å². The van der Waals surface area contributed by atoms with E-state index in [2.05, 4.69) is 5.32 Å². The molecule has 0 heterocycles. The van der Waals surface area contributed by atoms with E-state index in [1.165, 1.54) is 0 Å². The van der Waals surface area contributed by atoms with Crippen LogP contribution < -0.4 is 10.8 Å². The van der Waals surface area contributed by atoms with Gasteiger partial charge in [0.2, 0.25) is 5.91 Å². The van der Waals surface area contributed by atoms with E-state index >= 15 is 0 Å². The molecular weight excluding hydrogens is 284 g/mol. The second-order valence-corrected chi connectivity index (χ2v) is 5.00. The van der Waals surface area contributed by atoms with Crippen molar-refractivity contribution in [2.24, 2.45) is 0 Å². The fourth-order valence-electron chi connectivity index (χ4n) is 1.98. The molecule has 1 aromatic carbocycles. The average molecular weight is 308 g/mol. The molecule has 2 amide bonds. The van der Waals surface area contributed by atoms with Gasteiger partial charge in [0.15, 0.2) is 0 Å². The van der Waals surface area contributed by atoms with Crippen molar-refractivity contribution < 1.29 is 19.5 Å². The van der Waals surface area contributed by atoms with Crippen LogP contribution in [0.15, 0.2) is 30.3 Å². The van der Waals surface area contributed by atoms with Crippen LogP contribution in [0.5, 0.6) is 0 Å². The number of hydrogen-bond acceptors (Lipinski definition) is 4. The summed E-state index contributed by atoms with van der Waals surface area (Å²) in [6.07, 6.45) is 2.32. The third-order valence-corrected chi connectivity index (χ3v) is 3.10. The van der Waals surface area contributed by atoms with Crippen LogP contribution in [-0.2, 0) is 14.3 Å². The predicted molar refractivity (Wildman–Crippen MR) is 83.5 cm³/mol. The van der Waals surface area contributed by atoms with Gasteiger partial charge in [-0.1, -0.05) is 25.1 Å². The number of ether oxygens (including phenoxy) is 1. The van der Waals surface area contributed by atoms with E-state index in [1.807, 2.05) is 37.3 Å². The summed E-state index contributed by atoms with van der Waals surface area (Å²) in [7, 11) is 0. The molecule has 0 aliphatic rings. The molecule has 0 saturated heterocycles. The Morgan fingerprint density at radius 3 is 2.59 bits per heavy atom. The summed E-state index contributed by atoms with van der Waals surface area (Å²) in [5.41, 5.74) is 2.39. The molecule has 0 fully saturated rings. The van der Waals surface area contributed by atoms with Crippen molar-refractivity contribution >= 4 is 17.5 Å². The minimum Gasteiger partial charge on any atom is -0.368 e. The molecule has 0 bridgehead atoms. The quantitative estimate of drug-likeness (QED) is 0.352. The Morgan fingerprint density at radius 1 is 1.23 bits per heavy atom. The first-order valence-corrected chi connectivity index (χ1v) is 7.57. The Balaban J connectivity index is 2.24. The maximum atomic E-state index is 11.8. The van der Waals surface area contributed by atoms with E-state index in [0.29, 0.717) is 32.3 Å². The van der Waals surface area contributed by atoms with Gasteiger partial charge < -0.3 is 10.1 Å². The monoisotopic (exact) mass is 308 g/mol. The van der Waals surface area contributed by atoms with E-state index in [9.17, 15) is 9.59 Å². The number of rotatable bonds is 10. The fraction of sp³-hybridized carbons (Fsp3) is 0.500. The van der Waals surface area contributed by atoms with Gasteiger partial charge in [-0.25, -0.2) is 5.48 Å². The first-order valence-electron chi connectivity index (χ1n) is 7.57. The van der Waals surface area contributed by atoms with E-state index in [1.54, 1.807) is 5.48 Å². The highest BCUT2D eigenvalue weighted by molar-refractivity contribution is 5.90. The van der Waals surface area contributed by atoms with Crippen molar-refractivity contribution in [2.45, 2.75) is 45.1 Å². The number of para-hydroxylation sites is 1. The van der Waals surface area contributed by atoms with Crippen LogP contribution in [0, 0.1) is 0 Å². The van der Waals surface area contributed by atoms with Crippen molar-refractivity contribution in [3.63, 3.8) is 0 Å². The largest absolute Gasteiger partial charge is 0.368 e. The second kappa shape index (κ2) is 10.8. The molecule has 0 aromatic heterocycles. The van der Waals surface area contributed by atoms with Gasteiger partial charge in [-0.3, -0.25) is 14.8 Å². The molecule has 0 spiro atoms. The fourth-order valence-corrected chi connectivity index (χ4v) is 1.98. The van der Waals surface area contributed by atoms with Gasteiger partial charge in [0.05, 0.1) is 0 Å². The van der Waals surface area contributed by atoms with Crippen LogP contribution >= 0.6 is 0 Å². The van der Waals surface area contributed by atoms with Gasteiger partial charge in [-0.05, 0) is 37.8 Å². The Hall–Kier alpha value is -1.92. The van der Waals surface area contributed by atoms with Crippen molar-refractivity contribution in [2.75, 3.05) is 11.9 Å². The molecule has 1 atom stereocenters. The zero-order valence-electron chi connectivity index (χ0n) is 12.9. The Morgan fingerprint density at radius 2 is 1.95 bits per heavy atom. The van der Waals surface area contributed by atoms with E-state index in [-0.39, 0.29) is 5.91 Å². The molecule has 0 aliphatic heterocycles. The zero-order valence-corrected chi connectivity index (χ0v) is 12.9. The van der Waals surface area contributed by atoms with Gasteiger partial charge in [0, 0.05) is 18.7 Å². The van der Waals surface area contributed by atoms with Gasteiger partial charge in [-0.2, -0.15) is 0 Å². The summed E-state index contributed by atoms with van der Waals surface area (Å²) in [5.74, 6) is -0.592. The second-order valence-electron chi connectivity index (χ2n) is 5.00. The number of anilines is 1. The number of hydroxylamine groups is 1. The topological polar surface area (TPSA) is 87.7 Å². The summed E-state index contributed by atoms with van der Waals surface area (Å²) in [4.78, 5) is 23.2. The summed E-state index contributed by atoms with van der Waals surface area (Å²) < 4.78 is 5.37. The van der Waals surface area contributed by atoms with Gasteiger partial charge in [-0.15, -0.1) is 0 Å². The molecule has 6 nitrogen and oxygen atoms in total. The third kappa shape index (κ3) is 7.19. The lowest BCUT2D eigenvalue weighted by molar-refractivity contribution is -0.142. The molecule has 0 saturated carbocycles. The molecule has 1 aromatic rings. The van der Waals surface area contributed by atoms with E-state index < -0.39 is 12.0 Å². The van der Waals surface area contributed by atoms with Gasteiger partial charge in [0.25, 0.3) is 5.91 Å². The number of carbonyl (C=O) groups excluding carboxylic acids is 2. The summed E-state index contributed by atoms with van der Waals surface area (Å²) in [6.45, 7) is 2.41. The lowest BCUT2D eigenvalue weighted by Crippen LogP contribution is -2.34. The van der Waals surface area contributed by atoms with Gasteiger partial charge in [0.1, 0.15) is 6.10 Å². The number of benzene rings is 1. The molecule has 0 radical (unpaired) electrons. The normalized spacial score (nSPS) is 11.7. The Kier molecular flexibility index (Phi) is 8.86. The Labute approximate surface area is 130 Å². The van der Waals surface area contributed by atoms with Crippen molar-refractivity contribution in [3.05, 3.63) is 30.3 Å². The molecule has 22 heavy (non-hydrogen) atoms. The Bertz CT molecular complexity index is 451. The highest BCUT2D eigenvalue weighted by atomic mass is 16.5. The molecule has 3 N–H and O–H groups in total. The number of amides is 2. The van der Waals surface area contributed by atoms with Crippen LogP contribution in [0.3, 0.4) is 0 Å². The highest BCUT2D eigenvalue weighted by Gasteiger charge is 2.17. The smallest absolute Gasteiger partial charge is 0.272 e. The molecule has 6 heteroatoms. The van der Waals surface area contributed by atoms with Crippen molar-refractivity contribution in [1.82, 2.24) is 5.48 Å². The summed E-state index contributed by atoms with van der Waals surface area (Å²) >= 11 is 0.